The molecule has 1 saturated heterocycles. The summed E-state index contributed by atoms with van der Waals surface area (Å²) in [6, 6.07) is 0.399. The lowest BCUT2D eigenvalue weighted by Gasteiger charge is -2.27. The standard InChI is InChI=1S/C7H13IN2OS/c1-12-7(11)9-6-2-4-10(8)5-3-6/h6H,2-5H2,1H3,(H,9,11). The number of halogens is 1. The van der Waals surface area contributed by atoms with E-state index in [-0.39, 0.29) is 5.24 Å². The maximum absolute atomic E-state index is 11.0. The first-order chi connectivity index (χ1) is 5.72. The van der Waals surface area contributed by atoms with E-state index >= 15 is 0 Å². The average Bonchev–Trinajstić information content (AvgIpc) is 2.09. The van der Waals surface area contributed by atoms with Crippen molar-refractivity contribution in [1.29, 1.82) is 0 Å². The zero-order valence-electron chi connectivity index (χ0n) is 7.05. The minimum atomic E-state index is 0.0990. The highest BCUT2D eigenvalue weighted by Gasteiger charge is 2.18. The Bertz CT molecular complexity index is 159. The van der Waals surface area contributed by atoms with Crippen LogP contribution in [0.1, 0.15) is 12.8 Å². The number of rotatable bonds is 1. The van der Waals surface area contributed by atoms with Gasteiger partial charge in [-0.2, -0.15) is 0 Å². The van der Waals surface area contributed by atoms with Crippen molar-refractivity contribution in [3.63, 3.8) is 0 Å². The predicted octanol–water partition coefficient (Wildman–Crippen LogP) is 1.87. The van der Waals surface area contributed by atoms with E-state index in [9.17, 15) is 4.79 Å². The minimum Gasteiger partial charge on any atom is -0.344 e. The number of piperidine rings is 1. The topological polar surface area (TPSA) is 32.3 Å². The van der Waals surface area contributed by atoms with Crippen LogP contribution in [0.25, 0.3) is 0 Å². The molecule has 0 aromatic heterocycles. The lowest BCUT2D eigenvalue weighted by atomic mass is 10.1. The van der Waals surface area contributed by atoms with Crippen molar-refractivity contribution in [3.8, 4) is 0 Å². The molecule has 12 heavy (non-hydrogen) atoms. The summed E-state index contributed by atoms with van der Waals surface area (Å²) in [4.78, 5) is 11.0. The van der Waals surface area contributed by atoms with E-state index in [2.05, 4.69) is 31.3 Å². The summed E-state index contributed by atoms with van der Waals surface area (Å²) in [7, 11) is 0. The van der Waals surface area contributed by atoms with Gasteiger partial charge < -0.3 is 5.32 Å². The van der Waals surface area contributed by atoms with E-state index in [0.717, 1.165) is 25.9 Å². The van der Waals surface area contributed by atoms with Crippen LogP contribution in [0.2, 0.25) is 0 Å². The molecule has 0 aromatic carbocycles. The molecule has 0 unspecified atom stereocenters. The van der Waals surface area contributed by atoms with Crippen molar-refractivity contribution in [3.05, 3.63) is 0 Å². The van der Waals surface area contributed by atoms with E-state index < -0.39 is 0 Å². The highest BCUT2D eigenvalue weighted by molar-refractivity contribution is 14.1. The minimum absolute atomic E-state index is 0.0990. The van der Waals surface area contributed by atoms with Gasteiger partial charge in [-0.3, -0.25) is 4.79 Å². The van der Waals surface area contributed by atoms with Crippen molar-refractivity contribution in [2.45, 2.75) is 18.9 Å². The van der Waals surface area contributed by atoms with Crippen LogP contribution in [0.15, 0.2) is 0 Å². The number of hydrogen-bond donors (Lipinski definition) is 1. The third kappa shape index (κ3) is 3.49. The van der Waals surface area contributed by atoms with Gasteiger partial charge in [-0.1, -0.05) is 11.8 Å². The van der Waals surface area contributed by atoms with Crippen molar-refractivity contribution >= 4 is 39.9 Å². The fraction of sp³-hybridized carbons (Fsp3) is 0.857. The molecule has 3 nitrogen and oxygen atoms in total. The van der Waals surface area contributed by atoms with E-state index in [1.165, 1.54) is 11.8 Å². The van der Waals surface area contributed by atoms with Crippen LogP contribution in [-0.2, 0) is 0 Å². The molecule has 1 fully saturated rings. The van der Waals surface area contributed by atoms with Crippen molar-refractivity contribution < 1.29 is 4.79 Å². The Kier molecular flexibility index (Phi) is 4.66. The van der Waals surface area contributed by atoms with Crippen LogP contribution in [0.4, 0.5) is 4.79 Å². The van der Waals surface area contributed by atoms with Gasteiger partial charge in [-0.15, -0.1) is 0 Å². The average molecular weight is 300 g/mol. The lowest BCUT2D eigenvalue weighted by molar-refractivity contribution is 0.250. The quantitative estimate of drug-likeness (QED) is 0.593. The summed E-state index contributed by atoms with van der Waals surface area (Å²) in [6.45, 7) is 2.17. The van der Waals surface area contributed by atoms with Gasteiger partial charge in [0.1, 0.15) is 0 Å². The van der Waals surface area contributed by atoms with Crippen molar-refractivity contribution in [1.82, 2.24) is 8.43 Å². The first-order valence-corrected chi connectivity index (χ1v) is 6.16. The fourth-order valence-corrected chi connectivity index (χ4v) is 2.06. The molecule has 0 atom stereocenters. The van der Waals surface area contributed by atoms with Crippen molar-refractivity contribution in [2.24, 2.45) is 0 Å². The van der Waals surface area contributed by atoms with Crippen molar-refractivity contribution in [2.75, 3.05) is 19.3 Å². The second kappa shape index (κ2) is 5.29. The number of hydrogen-bond acceptors (Lipinski definition) is 3. The van der Waals surface area contributed by atoms with Gasteiger partial charge in [-0.25, -0.2) is 3.11 Å². The molecule has 0 aromatic rings. The highest BCUT2D eigenvalue weighted by atomic mass is 127. The molecular formula is C7H13IN2OS. The summed E-state index contributed by atoms with van der Waals surface area (Å²) < 4.78 is 2.26. The predicted molar refractivity (Wildman–Crippen MR) is 60.7 cm³/mol. The Hall–Kier alpha value is 0.510. The maximum Gasteiger partial charge on any atom is 0.278 e. The molecule has 1 aliphatic rings. The molecule has 0 aliphatic carbocycles. The molecule has 1 heterocycles. The molecule has 0 saturated carbocycles. The molecule has 1 rings (SSSR count). The zero-order chi connectivity index (χ0) is 8.97. The fourth-order valence-electron chi connectivity index (χ4n) is 1.22. The normalized spacial score (nSPS) is 20.8. The third-order valence-electron chi connectivity index (χ3n) is 1.95. The summed E-state index contributed by atoms with van der Waals surface area (Å²) in [5.41, 5.74) is 0. The Balaban J connectivity index is 2.21. The molecule has 1 aliphatic heterocycles. The number of carbonyl (C=O) groups is 1. The van der Waals surface area contributed by atoms with E-state index in [1.807, 2.05) is 6.26 Å². The molecule has 5 heteroatoms. The van der Waals surface area contributed by atoms with Crippen LogP contribution >= 0.6 is 34.6 Å². The monoisotopic (exact) mass is 300 g/mol. The number of thioether (sulfide) groups is 1. The van der Waals surface area contributed by atoms with Gasteiger partial charge in [0.15, 0.2) is 0 Å². The highest BCUT2D eigenvalue weighted by Crippen LogP contribution is 2.14. The smallest absolute Gasteiger partial charge is 0.278 e. The number of amides is 1. The number of nitrogens with zero attached hydrogens (tertiary/aromatic N) is 1. The number of carbonyl (C=O) groups excluding carboxylic acids is 1. The van der Waals surface area contributed by atoms with Crippen LogP contribution in [0, 0.1) is 0 Å². The molecule has 70 valence electrons. The van der Waals surface area contributed by atoms with E-state index in [0.29, 0.717) is 6.04 Å². The second-order valence-electron chi connectivity index (χ2n) is 2.82. The SMILES string of the molecule is CSC(=O)NC1CCN(I)CC1. The van der Waals surface area contributed by atoms with Crippen LogP contribution in [0.5, 0.6) is 0 Å². The van der Waals surface area contributed by atoms with E-state index in [1.54, 1.807) is 0 Å². The second-order valence-corrected chi connectivity index (χ2v) is 4.96. The largest absolute Gasteiger partial charge is 0.344 e. The Labute approximate surface area is 91.1 Å². The Morgan fingerprint density at radius 1 is 1.58 bits per heavy atom. The zero-order valence-corrected chi connectivity index (χ0v) is 10.0. The van der Waals surface area contributed by atoms with Crippen LogP contribution < -0.4 is 5.32 Å². The maximum atomic E-state index is 11.0. The van der Waals surface area contributed by atoms with Gasteiger partial charge >= 0.3 is 0 Å². The van der Waals surface area contributed by atoms with Crippen LogP contribution in [0.3, 0.4) is 0 Å². The summed E-state index contributed by atoms with van der Waals surface area (Å²) in [6.07, 6.45) is 3.97. The molecule has 0 radical (unpaired) electrons. The van der Waals surface area contributed by atoms with Gasteiger partial charge in [0.05, 0.1) is 0 Å². The summed E-state index contributed by atoms with van der Waals surface area (Å²) in [5.74, 6) is 0. The first-order valence-electron chi connectivity index (χ1n) is 3.97. The van der Waals surface area contributed by atoms with Gasteiger partial charge in [0, 0.05) is 42.0 Å². The Morgan fingerprint density at radius 2 is 2.17 bits per heavy atom. The third-order valence-corrected chi connectivity index (χ3v) is 3.40. The summed E-state index contributed by atoms with van der Waals surface area (Å²) >= 11 is 3.58. The Morgan fingerprint density at radius 3 is 2.67 bits per heavy atom. The first kappa shape index (κ1) is 10.6. The van der Waals surface area contributed by atoms with E-state index in [4.69, 9.17) is 0 Å². The van der Waals surface area contributed by atoms with Gasteiger partial charge in [0.25, 0.3) is 5.24 Å². The van der Waals surface area contributed by atoms with Gasteiger partial charge in [0.2, 0.25) is 0 Å². The molecule has 0 spiro atoms. The number of nitrogens with one attached hydrogen (secondary N) is 1. The molecule has 1 amide bonds. The molecule has 0 bridgehead atoms. The van der Waals surface area contributed by atoms with Gasteiger partial charge in [-0.05, 0) is 19.1 Å². The van der Waals surface area contributed by atoms with Crippen LogP contribution in [-0.4, -0.2) is 33.7 Å². The molecular weight excluding hydrogens is 287 g/mol. The lowest BCUT2D eigenvalue weighted by Crippen LogP contribution is -2.40. The molecule has 1 N–H and O–H groups in total. The summed E-state index contributed by atoms with van der Waals surface area (Å²) in [5, 5.41) is 3.08.